The number of hydrogen-bond donors (Lipinski definition) is 1. The van der Waals surface area contributed by atoms with E-state index >= 15 is 0 Å². The number of carboxylic acids is 1. The van der Waals surface area contributed by atoms with Crippen molar-refractivity contribution in [2.24, 2.45) is 0 Å². The SMILES string of the molecule is O=C(O)c1oc2c(Br)c3ccccc3cc2c1C1CC1. The standard InChI is InChI=1S/C16H11BrO3/c17-13-10-4-2-1-3-9(10)7-11-12(8-5-6-8)15(16(18)19)20-14(11)13/h1-4,7-8H,5-6H2,(H,18,19). The Morgan fingerprint density at radius 1 is 1.25 bits per heavy atom. The van der Waals surface area contributed by atoms with Crippen molar-refractivity contribution in [3.05, 3.63) is 46.1 Å². The number of carbonyl (C=O) groups is 1. The number of halogens is 1. The summed E-state index contributed by atoms with van der Waals surface area (Å²) >= 11 is 3.56. The zero-order valence-corrected chi connectivity index (χ0v) is 12.1. The van der Waals surface area contributed by atoms with E-state index in [9.17, 15) is 9.90 Å². The lowest BCUT2D eigenvalue weighted by Gasteiger charge is -2.02. The van der Waals surface area contributed by atoms with Gasteiger partial charge in [-0.25, -0.2) is 4.79 Å². The predicted octanol–water partition coefficient (Wildman–Crippen LogP) is 4.92. The third-order valence-electron chi connectivity index (χ3n) is 3.86. The second-order valence-corrected chi connectivity index (χ2v) is 6.01. The quantitative estimate of drug-likeness (QED) is 0.725. The lowest BCUT2D eigenvalue weighted by atomic mass is 10.0. The van der Waals surface area contributed by atoms with Crippen LogP contribution in [0.5, 0.6) is 0 Å². The molecule has 1 heterocycles. The predicted molar refractivity (Wildman–Crippen MR) is 80.4 cm³/mol. The first-order valence-electron chi connectivity index (χ1n) is 6.53. The van der Waals surface area contributed by atoms with Gasteiger partial charge in [0.15, 0.2) is 0 Å². The number of carboxylic acid groups (broad SMARTS) is 1. The van der Waals surface area contributed by atoms with Gasteiger partial charge in [0.25, 0.3) is 0 Å². The van der Waals surface area contributed by atoms with Crippen molar-refractivity contribution in [2.75, 3.05) is 0 Å². The van der Waals surface area contributed by atoms with Gasteiger partial charge >= 0.3 is 5.97 Å². The molecule has 100 valence electrons. The maximum atomic E-state index is 11.4. The number of fused-ring (bicyclic) bond motifs is 2. The number of hydrogen-bond acceptors (Lipinski definition) is 2. The molecule has 0 unspecified atom stereocenters. The molecule has 4 rings (SSSR count). The fourth-order valence-electron chi connectivity index (χ4n) is 2.80. The summed E-state index contributed by atoms with van der Waals surface area (Å²) in [6, 6.07) is 10.0. The van der Waals surface area contributed by atoms with Gasteiger partial charge in [-0.05, 0) is 51.5 Å². The molecule has 1 N–H and O–H groups in total. The summed E-state index contributed by atoms with van der Waals surface area (Å²) in [4.78, 5) is 11.4. The molecule has 1 aliphatic carbocycles. The van der Waals surface area contributed by atoms with Crippen LogP contribution in [0.3, 0.4) is 0 Å². The van der Waals surface area contributed by atoms with Gasteiger partial charge in [0, 0.05) is 10.9 Å². The third-order valence-corrected chi connectivity index (χ3v) is 4.65. The van der Waals surface area contributed by atoms with Crippen LogP contribution >= 0.6 is 15.9 Å². The highest BCUT2D eigenvalue weighted by Crippen LogP contribution is 2.48. The first-order chi connectivity index (χ1) is 9.66. The molecule has 0 spiro atoms. The highest BCUT2D eigenvalue weighted by Gasteiger charge is 2.34. The number of rotatable bonds is 2. The van der Waals surface area contributed by atoms with Gasteiger partial charge < -0.3 is 9.52 Å². The molecule has 1 aromatic heterocycles. The number of aromatic carboxylic acids is 1. The molecule has 1 saturated carbocycles. The zero-order chi connectivity index (χ0) is 13.9. The molecule has 1 fully saturated rings. The highest BCUT2D eigenvalue weighted by atomic mass is 79.9. The Hall–Kier alpha value is -1.81. The topological polar surface area (TPSA) is 50.4 Å². The average molecular weight is 331 g/mol. The van der Waals surface area contributed by atoms with Gasteiger partial charge in [-0.2, -0.15) is 0 Å². The van der Waals surface area contributed by atoms with E-state index in [1.807, 2.05) is 30.3 Å². The number of furan rings is 1. The van der Waals surface area contributed by atoms with Crippen molar-refractivity contribution in [3.8, 4) is 0 Å². The van der Waals surface area contributed by atoms with E-state index in [1.54, 1.807) is 0 Å². The van der Waals surface area contributed by atoms with Crippen LogP contribution in [-0.4, -0.2) is 11.1 Å². The lowest BCUT2D eigenvalue weighted by molar-refractivity contribution is 0.0663. The monoisotopic (exact) mass is 330 g/mol. The second kappa shape index (κ2) is 4.09. The molecular formula is C16H11BrO3. The van der Waals surface area contributed by atoms with E-state index in [1.165, 1.54) is 0 Å². The van der Waals surface area contributed by atoms with Crippen LogP contribution in [0, 0.1) is 0 Å². The highest BCUT2D eigenvalue weighted by molar-refractivity contribution is 9.10. The third kappa shape index (κ3) is 1.61. The van der Waals surface area contributed by atoms with Crippen LogP contribution in [-0.2, 0) is 0 Å². The van der Waals surface area contributed by atoms with Crippen LogP contribution in [0.25, 0.3) is 21.7 Å². The maximum absolute atomic E-state index is 11.4. The van der Waals surface area contributed by atoms with E-state index in [0.29, 0.717) is 11.5 Å². The molecule has 0 amide bonds. The van der Waals surface area contributed by atoms with E-state index in [0.717, 1.165) is 39.0 Å². The van der Waals surface area contributed by atoms with Gasteiger partial charge in [0.2, 0.25) is 5.76 Å². The average Bonchev–Trinajstić information content (AvgIpc) is 3.20. The van der Waals surface area contributed by atoms with Crippen molar-refractivity contribution in [1.82, 2.24) is 0 Å². The Labute approximate surface area is 123 Å². The molecule has 2 aromatic carbocycles. The van der Waals surface area contributed by atoms with E-state index < -0.39 is 5.97 Å². The minimum absolute atomic E-state index is 0.0958. The normalized spacial score (nSPS) is 15.1. The Bertz CT molecular complexity index is 859. The van der Waals surface area contributed by atoms with Crippen molar-refractivity contribution >= 4 is 43.6 Å². The van der Waals surface area contributed by atoms with Crippen molar-refractivity contribution in [3.63, 3.8) is 0 Å². The molecule has 0 bridgehead atoms. The first-order valence-corrected chi connectivity index (χ1v) is 7.33. The molecule has 0 radical (unpaired) electrons. The van der Waals surface area contributed by atoms with E-state index in [-0.39, 0.29) is 5.76 Å². The van der Waals surface area contributed by atoms with Gasteiger partial charge in [0.05, 0.1) is 4.47 Å². The summed E-state index contributed by atoms with van der Waals surface area (Å²) in [6.45, 7) is 0. The smallest absolute Gasteiger partial charge is 0.372 e. The Morgan fingerprint density at radius 2 is 2.00 bits per heavy atom. The minimum Gasteiger partial charge on any atom is -0.475 e. The van der Waals surface area contributed by atoms with E-state index in [4.69, 9.17) is 4.42 Å². The molecular weight excluding hydrogens is 320 g/mol. The molecule has 3 nitrogen and oxygen atoms in total. The van der Waals surface area contributed by atoms with Crippen molar-refractivity contribution < 1.29 is 14.3 Å². The van der Waals surface area contributed by atoms with Gasteiger partial charge in [0.1, 0.15) is 5.58 Å². The minimum atomic E-state index is -0.987. The van der Waals surface area contributed by atoms with Crippen LogP contribution in [0.2, 0.25) is 0 Å². The molecule has 3 aromatic rings. The Kier molecular flexibility index (Phi) is 2.45. The first kappa shape index (κ1) is 12.0. The summed E-state index contributed by atoms with van der Waals surface area (Å²) < 4.78 is 6.49. The number of benzene rings is 2. The lowest BCUT2D eigenvalue weighted by Crippen LogP contribution is -1.97. The van der Waals surface area contributed by atoms with Crippen LogP contribution in [0.4, 0.5) is 0 Å². The molecule has 1 aliphatic rings. The Balaban J connectivity index is 2.17. The molecule has 4 heteroatoms. The summed E-state index contributed by atoms with van der Waals surface area (Å²) in [6.07, 6.45) is 2.08. The van der Waals surface area contributed by atoms with Crippen molar-refractivity contribution in [2.45, 2.75) is 18.8 Å². The van der Waals surface area contributed by atoms with Gasteiger partial charge in [-0.15, -0.1) is 0 Å². The van der Waals surface area contributed by atoms with Crippen molar-refractivity contribution in [1.29, 1.82) is 0 Å². The summed E-state index contributed by atoms with van der Waals surface area (Å²) in [5, 5.41) is 12.4. The van der Waals surface area contributed by atoms with Crippen LogP contribution in [0.1, 0.15) is 34.9 Å². The zero-order valence-electron chi connectivity index (χ0n) is 10.5. The maximum Gasteiger partial charge on any atom is 0.372 e. The summed E-state index contributed by atoms with van der Waals surface area (Å²) in [5.74, 6) is -0.562. The van der Waals surface area contributed by atoms with Crippen LogP contribution < -0.4 is 0 Å². The second-order valence-electron chi connectivity index (χ2n) is 5.21. The summed E-state index contributed by atoms with van der Waals surface area (Å²) in [7, 11) is 0. The Morgan fingerprint density at radius 3 is 2.70 bits per heavy atom. The largest absolute Gasteiger partial charge is 0.475 e. The molecule has 20 heavy (non-hydrogen) atoms. The molecule has 0 saturated heterocycles. The van der Waals surface area contributed by atoms with Gasteiger partial charge in [-0.3, -0.25) is 0 Å². The molecule has 0 atom stereocenters. The molecule has 0 aliphatic heterocycles. The van der Waals surface area contributed by atoms with E-state index in [2.05, 4.69) is 15.9 Å². The van der Waals surface area contributed by atoms with Gasteiger partial charge in [-0.1, -0.05) is 24.3 Å². The fourth-order valence-corrected chi connectivity index (χ4v) is 3.46. The fraction of sp³-hybridized carbons (Fsp3) is 0.188. The summed E-state index contributed by atoms with van der Waals surface area (Å²) in [5.41, 5.74) is 1.50. The van der Waals surface area contributed by atoms with Crippen LogP contribution in [0.15, 0.2) is 39.2 Å².